The Bertz CT molecular complexity index is 494. The molecule has 1 aromatic rings. The maximum Gasteiger partial charge on any atom is 0.407 e. The van der Waals surface area contributed by atoms with E-state index >= 15 is 0 Å². The van der Waals surface area contributed by atoms with E-state index in [1.807, 2.05) is 34.6 Å². The van der Waals surface area contributed by atoms with Crippen molar-refractivity contribution in [2.24, 2.45) is 0 Å². The molecule has 1 heterocycles. The zero-order valence-electron chi connectivity index (χ0n) is 14.7. The predicted molar refractivity (Wildman–Crippen MR) is 91.5 cm³/mol. The van der Waals surface area contributed by atoms with Gasteiger partial charge in [0.1, 0.15) is 5.60 Å². The third kappa shape index (κ3) is 6.32. The summed E-state index contributed by atoms with van der Waals surface area (Å²) in [7, 11) is 0. The molecule has 2 atom stereocenters. The van der Waals surface area contributed by atoms with E-state index in [9.17, 15) is 4.79 Å². The van der Waals surface area contributed by atoms with E-state index in [0.29, 0.717) is 6.54 Å². The van der Waals surface area contributed by atoms with Crippen molar-refractivity contribution in [1.82, 2.24) is 15.6 Å². The number of ether oxygens (including phenoxy) is 1. The van der Waals surface area contributed by atoms with E-state index < -0.39 is 5.60 Å². The van der Waals surface area contributed by atoms with Gasteiger partial charge in [-0.2, -0.15) is 0 Å². The molecule has 2 unspecified atom stereocenters. The topological polar surface area (TPSA) is 63.2 Å². The largest absolute Gasteiger partial charge is 0.444 e. The third-order valence-electron chi connectivity index (χ3n) is 3.23. The van der Waals surface area contributed by atoms with E-state index in [2.05, 4.69) is 29.5 Å². The molecule has 5 nitrogen and oxygen atoms in total. The Labute approximate surface area is 137 Å². The van der Waals surface area contributed by atoms with Crippen LogP contribution >= 0.6 is 11.3 Å². The number of rotatable bonds is 6. The van der Waals surface area contributed by atoms with E-state index in [0.717, 1.165) is 17.1 Å². The average Bonchev–Trinajstić information content (AvgIpc) is 2.71. The number of carbonyl (C=O) groups excluding carboxylic acids is 1. The lowest BCUT2D eigenvalue weighted by molar-refractivity contribution is 0.0502. The van der Waals surface area contributed by atoms with Gasteiger partial charge >= 0.3 is 6.09 Å². The van der Waals surface area contributed by atoms with Gasteiger partial charge in [0.2, 0.25) is 0 Å². The molecule has 1 amide bonds. The monoisotopic (exact) mass is 327 g/mol. The van der Waals surface area contributed by atoms with Gasteiger partial charge in [-0.25, -0.2) is 9.78 Å². The van der Waals surface area contributed by atoms with Gasteiger partial charge in [0.15, 0.2) is 0 Å². The minimum atomic E-state index is -0.474. The van der Waals surface area contributed by atoms with Crippen LogP contribution in [0.25, 0.3) is 0 Å². The van der Waals surface area contributed by atoms with Crippen LogP contribution in [0.3, 0.4) is 0 Å². The fraction of sp³-hybridized carbons (Fsp3) is 0.750. The smallest absolute Gasteiger partial charge is 0.407 e. The molecule has 0 spiro atoms. The molecule has 126 valence electrons. The summed E-state index contributed by atoms with van der Waals surface area (Å²) in [6.45, 7) is 14.5. The van der Waals surface area contributed by atoms with E-state index in [1.54, 1.807) is 11.3 Å². The Morgan fingerprint density at radius 1 is 1.36 bits per heavy atom. The molecule has 0 aromatic carbocycles. The number of carbonyl (C=O) groups is 1. The molecule has 0 aliphatic carbocycles. The van der Waals surface area contributed by atoms with Gasteiger partial charge in [-0.05, 0) is 48.0 Å². The van der Waals surface area contributed by atoms with Crippen molar-refractivity contribution in [1.29, 1.82) is 0 Å². The summed E-state index contributed by atoms with van der Waals surface area (Å²) in [5.74, 6) is 0. The highest BCUT2D eigenvalue weighted by molar-refractivity contribution is 7.11. The molecular formula is C16H29N3O2S. The van der Waals surface area contributed by atoms with Gasteiger partial charge in [-0.3, -0.25) is 0 Å². The lowest BCUT2D eigenvalue weighted by Gasteiger charge is -2.24. The standard InChI is InChI=1S/C16H29N3O2S/c1-8-13(19-15(20)21-16(5,6)7)9-17-10(2)14-11(3)22-12(4)18-14/h10,13,17H,8-9H2,1-7H3,(H,19,20). The van der Waals surface area contributed by atoms with Crippen LogP contribution < -0.4 is 10.6 Å². The van der Waals surface area contributed by atoms with Gasteiger partial charge in [0, 0.05) is 23.5 Å². The van der Waals surface area contributed by atoms with Crippen LogP contribution in [0.4, 0.5) is 4.79 Å². The third-order valence-corrected chi connectivity index (χ3v) is 4.14. The Balaban J connectivity index is 2.50. The van der Waals surface area contributed by atoms with E-state index in [4.69, 9.17) is 4.74 Å². The van der Waals surface area contributed by atoms with Crippen molar-refractivity contribution in [3.63, 3.8) is 0 Å². The lowest BCUT2D eigenvalue weighted by atomic mass is 10.1. The van der Waals surface area contributed by atoms with Gasteiger partial charge in [-0.1, -0.05) is 6.92 Å². The molecule has 0 radical (unpaired) electrons. The molecule has 2 N–H and O–H groups in total. The van der Waals surface area contributed by atoms with E-state index in [1.165, 1.54) is 4.88 Å². The molecule has 1 aromatic heterocycles. The first-order chi connectivity index (χ1) is 10.1. The SMILES string of the molecule is CCC(CNC(C)c1nc(C)sc1C)NC(=O)OC(C)(C)C. The Kier molecular flexibility index (Phi) is 6.81. The summed E-state index contributed by atoms with van der Waals surface area (Å²) in [4.78, 5) is 17.6. The number of hydrogen-bond donors (Lipinski definition) is 2. The van der Waals surface area contributed by atoms with Crippen LogP contribution in [0, 0.1) is 13.8 Å². The number of alkyl carbamates (subject to hydrolysis) is 1. The molecule has 0 aliphatic heterocycles. The quantitative estimate of drug-likeness (QED) is 0.836. The van der Waals surface area contributed by atoms with Crippen molar-refractivity contribution in [3.8, 4) is 0 Å². The number of hydrogen-bond acceptors (Lipinski definition) is 5. The normalized spacial score (nSPS) is 14.5. The Hall–Kier alpha value is -1.14. The van der Waals surface area contributed by atoms with Crippen molar-refractivity contribution in [2.45, 2.75) is 72.6 Å². The molecular weight excluding hydrogens is 298 g/mol. The van der Waals surface area contributed by atoms with Gasteiger partial charge in [-0.15, -0.1) is 11.3 Å². The molecule has 22 heavy (non-hydrogen) atoms. The van der Waals surface area contributed by atoms with Gasteiger partial charge < -0.3 is 15.4 Å². The minimum absolute atomic E-state index is 0.0392. The fourth-order valence-electron chi connectivity index (χ4n) is 2.13. The first-order valence-electron chi connectivity index (χ1n) is 7.79. The Morgan fingerprint density at radius 2 is 2.00 bits per heavy atom. The van der Waals surface area contributed by atoms with Crippen LogP contribution in [0.1, 0.15) is 62.7 Å². The summed E-state index contributed by atoms with van der Waals surface area (Å²) in [5, 5.41) is 7.44. The Morgan fingerprint density at radius 3 is 2.45 bits per heavy atom. The molecule has 0 aliphatic rings. The maximum atomic E-state index is 11.8. The second kappa shape index (κ2) is 7.92. The second-order valence-corrected chi connectivity index (χ2v) is 7.96. The van der Waals surface area contributed by atoms with Gasteiger partial charge in [0.25, 0.3) is 0 Å². The minimum Gasteiger partial charge on any atom is -0.444 e. The van der Waals surface area contributed by atoms with Crippen LogP contribution in [0.15, 0.2) is 0 Å². The van der Waals surface area contributed by atoms with Crippen molar-refractivity contribution >= 4 is 17.4 Å². The summed E-state index contributed by atoms with van der Waals surface area (Å²) in [6, 6.07) is 0.205. The van der Waals surface area contributed by atoms with Crippen molar-refractivity contribution < 1.29 is 9.53 Å². The lowest BCUT2D eigenvalue weighted by Crippen LogP contribution is -2.44. The fourth-order valence-corrected chi connectivity index (χ4v) is 3.05. The first kappa shape index (κ1) is 18.9. The number of aryl methyl sites for hydroxylation is 2. The maximum absolute atomic E-state index is 11.8. The van der Waals surface area contributed by atoms with E-state index in [-0.39, 0.29) is 18.2 Å². The second-order valence-electron chi connectivity index (χ2n) is 6.56. The highest BCUT2D eigenvalue weighted by Crippen LogP contribution is 2.22. The van der Waals surface area contributed by atoms with Crippen LogP contribution in [-0.2, 0) is 4.74 Å². The zero-order chi connectivity index (χ0) is 16.9. The number of nitrogens with zero attached hydrogens (tertiary/aromatic N) is 1. The summed E-state index contributed by atoms with van der Waals surface area (Å²) in [5.41, 5.74) is 0.618. The van der Waals surface area contributed by atoms with Gasteiger partial charge in [0.05, 0.1) is 10.7 Å². The van der Waals surface area contributed by atoms with Crippen LogP contribution in [0.2, 0.25) is 0 Å². The molecule has 0 saturated heterocycles. The number of nitrogens with one attached hydrogen (secondary N) is 2. The van der Waals surface area contributed by atoms with Crippen LogP contribution in [-0.4, -0.2) is 29.3 Å². The summed E-state index contributed by atoms with van der Waals surface area (Å²) in [6.07, 6.45) is 0.475. The zero-order valence-corrected chi connectivity index (χ0v) is 15.6. The molecule has 6 heteroatoms. The molecule has 1 rings (SSSR count). The highest BCUT2D eigenvalue weighted by atomic mass is 32.1. The van der Waals surface area contributed by atoms with Crippen molar-refractivity contribution in [2.75, 3.05) is 6.54 Å². The molecule has 0 saturated carbocycles. The van der Waals surface area contributed by atoms with Crippen molar-refractivity contribution in [3.05, 3.63) is 15.6 Å². The number of amides is 1. The average molecular weight is 327 g/mol. The number of aromatic nitrogens is 1. The molecule has 0 bridgehead atoms. The number of thiazole rings is 1. The summed E-state index contributed by atoms with van der Waals surface area (Å²) >= 11 is 1.71. The molecule has 0 fully saturated rings. The first-order valence-corrected chi connectivity index (χ1v) is 8.60. The predicted octanol–water partition coefficient (Wildman–Crippen LogP) is 3.71. The summed E-state index contributed by atoms with van der Waals surface area (Å²) < 4.78 is 5.30. The van der Waals surface area contributed by atoms with Crippen LogP contribution in [0.5, 0.6) is 0 Å². The highest BCUT2D eigenvalue weighted by Gasteiger charge is 2.20.